The molecule has 0 aromatic carbocycles. The maximum atomic E-state index is 11.9. The van der Waals surface area contributed by atoms with Gasteiger partial charge in [0.15, 0.2) is 5.78 Å². The number of Topliss-reactive ketones (excluding diaryl/α,β-unsaturated/α-hetero) is 1. The lowest BCUT2D eigenvalue weighted by Crippen LogP contribution is -2.38. The summed E-state index contributed by atoms with van der Waals surface area (Å²) in [4.78, 5) is 13.1. The van der Waals surface area contributed by atoms with E-state index in [1.54, 1.807) is 11.3 Å². The molecule has 0 bridgehead atoms. The molecule has 3 heteroatoms. The molecule has 1 aromatic rings. The number of nitrogens with two attached hydrogens (primary N) is 1. The Balaban J connectivity index is 2.03. The van der Waals surface area contributed by atoms with Crippen LogP contribution in [0.4, 0.5) is 0 Å². The first-order valence-corrected chi connectivity index (χ1v) is 6.34. The molecule has 2 rings (SSSR count). The van der Waals surface area contributed by atoms with Crippen molar-refractivity contribution in [3.8, 4) is 0 Å². The van der Waals surface area contributed by atoms with Crippen LogP contribution in [-0.4, -0.2) is 11.3 Å². The second-order valence-electron chi connectivity index (χ2n) is 4.62. The lowest BCUT2D eigenvalue weighted by molar-refractivity contribution is 0.0953. The van der Waals surface area contributed by atoms with Crippen molar-refractivity contribution in [1.29, 1.82) is 0 Å². The molecule has 0 unspecified atom stereocenters. The highest BCUT2D eigenvalue weighted by atomic mass is 32.1. The Morgan fingerprint density at radius 2 is 2.20 bits per heavy atom. The Kier molecular flexibility index (Phi) is 2.94. The Bertz CT molecular complexity index is 363. The van der Waals surface area contributed by atoms with Crippen molar-refractivity contribution in [2.75, 3.05) is 0 Å². The van der Waals surface area contributed by atoms with Crippen molar-refractivity contribution in [2.24, 2.45) is 5.73 Å². The number of hydrogen-bond donors (Lipinski definition) is 1. The first-order valence-electron chi connectivity index (χ1n) is 5.46. The highest BCUT2D eigenvalue weighted by molar-refractivity contribution is 7.10. The fourth-order valence-corrected chi connectivity index (χ4v) is 2.97. The lowest BCUT2D eigenvalue weighted by Gasteiger charge is -2.21. The Morgan fingerprint density at radius 3 is 2.73 bits per heavy atom. The number of rotatable bonds is 3. The highest BCUT2D eigenvalue weighted by Crippen LogP contribution is 2.31. The van der Waals surface area contributed by atoms with Crippen LogP contribution in [-0.2, 0) is 0 Å². The van der Waals surface area contributed by atoms with Gasteiger partial charge in [-0.15, -0.1) is 11.3 Å². The summed E-state index contributed by atoms with van der Waals surface area (Å²) in [6, 6.07) is 1.96. The van der Waals surface area contributed by atoms with Crippen LogP contribution in [0.2, 0.25) is 0 Å². The van der Waals surface area contributed by atoms with E-state index in [9.17, 15) is 4.79 Å². The molecule has 0 radical (unpaired) electrons. The van der Waals surface area contributed by atoms with E-state index in [4.69, 9.17) is 5.73 Å². The first kappa shape index (κ1) is 10.8. The third-order valence-electron chi connectivity index (χ3n) is 3.16. The molecule has 82 valence electrons. The summed E-state index contributed by atoms with van der Waals surface area (Å²) in [5, 5.41) is 1.94. The predicted octanol–water partition coefficient (Wildman–Crippen LogP) is 2.90. The quantitative estimate of drug-likeness (QED) is 0.801. The third-order valence-corrected chi connectivity index (χ3v) is 4.03. The van der Waals surface area contributed by atoms with E-state index in [0.717, 1.165) is 18.4 Å². The molecule has 1 aromatic heterocycles. The Hall–Kier alpha value is -0.670. The normalized spacial score (nSPS) is 19.3. The molecule has 1 heterocycles. The zero-order valence-electron chi connectivity index (χ0n) is 9.08. The number of thiophene rings is 1. The van der Waals surface area contributed by atoms with Crippen LogP contribution in [0.15, 0.2) is 11.4 Å². The summed E-state index contributed by atoms with van der Waals surface area (Å²) in [7, 11) is 0. The zero-order valence-corrected chi connectivity index (χ0v) is 9.90. The van der Waals surface area contributed by atoms with E-state index in [-0.39, 0.29) is 11.3 Å². The van der Waals surface area contributed by atoms with Gasteiger partial charge in [-0.25, -0.2) is 0 Å². The number of carbonyl (C=O) groups is 1. The van der Waals surface area contributed by atoms with Gasteiger partial charge in [-0.05, 0) is 25.8 Å². The van der Waals surface area contributed by atoms with Crippen LogP contribution in [0.3, 0.4) is 0 Å². The van der Waals surface area contributed by atoms with Crippen molar-refractivity contribution in [1.82, 2.24) is 0 Å². The number of carbonyl (C=O) groups excluding carboxylic acids is 1. The summed E-state index contributed by atoms with van der Waals surface area (Å²) in [5.41, 5.74) is 6.81. The topological polar surface area (TPSA) is 43.1 Å². The molecule has 2 N–H and O–H groups in total. The maximum Gasteiger partial charge on any atom is 0.165 e. The zero-order chi connectivity index (χ0) is 10.9. The monoisotopic (exact) mass is 223 g/mol. The maximum absolute atomic E-state index is 11.9. The fourth-order valence-electron chi connectivity index (χ4n) is 2.27. The van der Waals surface area contributed by atoms with Gasteiger partial charge in [0.25, 0.3) is 0 Å². The summed E-state index contributed by atoms with van der Waals surface area (Å²) in [6.07, 6.45) is 4.87. The van der Waals surface area contributed by atoms with Gasteiger partial charge >= 0.3 is 0 Å². The summed E-state index contributed by atoms with van der Waals surface area (Å²) < 4.78 is 0. The van der Waals surface area contributed by atoms with Crippen LogP contribution in [0, 0.1) is 6.92 Å². The average molecular weight is 223 g/mol. The molecule has 0 atom stereocenters. The van der Waals surface area contributed by atoms with Crippen molar-refractivity contribution in [3.63, 3.8) is 0 Å². The minimum atomic E-state index is -0.215. The van der Waals surface area contributed by atoms with E-state index in [2.05, 4.69) is 0 Å². The summed E-state index contributed by atoms with van der Waals surface area (Å²) >= 11 is 1.63. The van der Waals surface area contributed by atoms with E-state index in [1.807, 2.05) is 18.4 Å². The smallest absolute Gasteiger partial charge is 0.165 e. The van der Waals surface area contributed by atoms with E-state index >= 15 is 0 Å². The highest BCUT2D eigenvalue weighted by Gasteiger charge is 2.31. The number of aryl methyl sites for hydroxylation is 1. The van der Waals surface area contributed by atoms with E-state index < -0.39 is 0 Å². The van der Waals surface area contributed by atoms with Gasteiger partial charge in [-0.3, -0.25) is 4.79 Å². The van der Waals surface area contributed by atoms with E-state index in [1.165, 1.54) is 17.7 Å². The first-order chi connectivity index (χ1) is 7.09. The molecular formula is C12H17NOS. The second kappa shape index (κ2) is 4.06. The van der Waals surface area contributed by atoms with Crippen LogP contribution < -0.4 is 5.73 Å². The van der Waals surface area contributed by atoms with Crippen LogP contribution >= 0.6 is 11.3 Å². The molecule has 1 aliphatic carbocycles. The molecule has 1 aliphatic rings. The largest absolute Gasteiger partial charge is 0.325 e. The second-order valence-corrected chi connectivity index (χ2v) is 5.73. The minimum Gasteiger partial charge on any atom is -0.325 e. The van der Waals surface area contributed by atoms with Crippen molar-refractivity contribution in [3.05, 3.63) is 21.9 Å². The van der Waals surface area contributed by atoms with Crippen molar-refractivity contribution < 1.29 is 4.79 Å². The van der Waals surface area contributed by atoms with Gasteiger partial charge in [-0.2, -0.15) is 0 Å². The lowest BCUT2D eigenvalue weighted by atomic mass is 9.90. The Labute approximate surface area is 94.5 Å². The SMILES string of the molecule is Cc1cc(C(=O)CC2(N)CCCC2)cs1. The fraction of sp³-hybridized carbons (Fsp3) is 0.583. The predicted molar refractivity (Wildman–Crippen MR) is 63.4 cm³/mol. The van der Waals surface area contributed by atoms with Crippen LogP contribution in [0.25, 0.3) is 0 Å². The van der Waals surface area contributed by atoms with Gasteiger partial charge in [0.1, 0.15) is 0 Å². The van der Waals surface area contributed by atoms with Gasteiger partial charge < -0.3 is 5.73 Å². The van der Waals surface area contributed by atoms with Crippen LogP contribution in [0.1, 0.15) is 47.3 Å². The minimum absolute atomic E-state index is 0.212. The molecule has 0 spiro atoms. The van der Waals surface area contributed by atoms with E-state index in [0.29, 0.717) is 6.42 Å². The molecule has 2 nitrogen and oxygen atoms in total. The number of ketones is 1. The third kappa shape index (κ3) is 2.47. The average Bonchev–Trinajstić information content (AvgIpc) is 2.75. The van der Waals surface area contributed by atoms with Crippen molar-refractivity contribution >= 4 is 17.1 Å². The standard InChI is InChI=1S/C12H17NOS/c1-9-6-10(8-15-9)11(14)7-12(13)4-2-3-5-12/h6,8H,2-5,7,13H2,1H3. The molecule has 0 amide bonds. The molecule has 0 saturated heterocycles. The molecular weight excluding hydrogens is 206 g/mol. The van der Waals surface area contributed by atoms with Crippen molar-refractivity contribution in [2.45, 2.75) is 44.6 Å². The molecule has 0 aliphatic heterocycles. The summed E-state index contributed by atoms with van der Waals surface area (Å²) in [5.74, 6) is 0.212. The Morgan fingerprint density at radius 1 is 1.53 bits per heavy atom. The molecule has 1 fully saturated rings. The number of hydrogen-bond acceptors (Lipinski definition) is 3. The van der Waals surface area contributed by atoms with Gasteiger partial charge in [0, 0.05) is 27.8 Å². The molecule has 15 heavy (non-hydrogen) atoms. The van der Waals surface area contributed by atoms with Crippen LogP contribution in [0.5, 0.6) is 0 Å². The van der Waals surface area contributed by atoms with Gasteiger partial charge in [-0.1, -0.05) is 12.8 Å². The summed E-state index contributed by atoms with van der Waals surface area (Å²) in [6.45, 7) is 2.02. The van der Waals surface area contributed by atoms with Gasteiger partial charge in [0.2, 0.25) is 0 Å². The molecule has 1 saturated carbocycles. The van der Waals surface area contributed by atoms with Gasteiger partial charge in [0.05, 0.1) is 0 Å².